The molecule has 9 nitrogen and oxygen atoms in total. The first-order valence-corrected chi connectivity index (χ1v) is 9.16. The average molecular weight is 427 g/mol. The van der Waals surface area contributed by atoms with E-state index in [0.29, 0.717) is 11.3 Å². The lowest BCUT2D eigenvalue weighted by Crippen LogP contribution is -2.54. The Labute approximate surface area is 176 Å². The number of hydrogen-bond donors (Lipinski definition) is 3. The number of nitrogens with one attached hydrogen (secondary N) is 2. The van der Waals surface area contributed by atoms with Gasteiger partial charge in [0.25, 0.3) is 11.8 Å². The van der Waals surface area contributed by atoms with Gasteiger partial charge in [-0.25, -0.2) is 9.78 Å². The summed E-state index contributed by atoms with van der Waals surface area (Å²) in [5.41, 5.74) is -0.130. The van der Waals surface area contributed by atoms with Gasteiger partial charge in [0.15, 0.2) is 10.9 Å². The maximum Gasteiger partial charge on any atom is 0.323 e. The van der Waals surface area contributed by atoms with Gasteiger partial charge in [-0.15, -0.1) is 0 Å². The third kappa shape index (κ3) is 3.38. The molecule has 4 rings (SSSR count). The molecule has 1 atom stereocenters. The second-order valence-electron chi connectivity index (χ2n) is 6.78. The highest BCUT2D eigenvalue weighted by atomic mass is 35.5. The number of aromatic hydroxyl groups is 1. The Hall–Kier alpha value is -3.77. The number of urea groups is 1. The molecule has 0 saturated carbocycles. The lowest BCUT2D eigenvalue weighted by Gasteiger charge is -2.26. The molecule has 0 spiro atoms. The summed E-state index contributed by atoms with van der Waals surface area (Å²) in [7, 11) is 1.51. The van der Waals surface area contributed by atoms with E-state index < -0.39 is 17.5 Å². The van der Waals surface area contributed by atoms with E-state index in [4.69, 9.17) is 16.3 Å². The van der Waals surface area contributed by atoms with Gasteiger partial charge < -0.3 is 20.1 Å². The molecule has 4 amide bonds. The fraction of sp³-hybridized carbons (Fsp3) is 0.200. The maximum atomic E-state index is 12.9. The van der Waals surface area contributed by atoms with Gasteiger partial charge in [-0.2, -0.15) is 0 Å². The van der Waals surface area contributed by atoms with Crippen LogP contribution in [-0.4, -0.2) is 52.0 Å². The molecule has 2 aliphatic rings. The van der Waals surface area contributed by atoms with Crippen LogP contribution in [0.2, 0.25) is 5.15 Å². The predicted octanol–water partition coefficient (Wildman–Crippen LogP) is 1.03. The van der Waals surface area contributed by atoms with E-state index in [9.17, 15) is 19.5 Å². The van der Waals surface area contributed by atoms with Crippen molar-refractivity contribution in [3.05, 3.63) is 52.3 Å². The number of aromatic nitrogens is 1. The Balaban J connectivity index is 1.65. The zero-order valence-electron chi connectivity index (χ0n) is 15.7. The minimum absolute atomic E-state index is 0.0852. The summed E-state index contributed by atoms with van der Waals surface area (Å²) in [6.07, 6.45) is 1.32. The number of hydrogen-bond acceptors (Lipinski definition) is 6. The number of pyridine rings is 1. The molecule has 2 aromatic rings. The van der Waals surface area contributed by atoms with Gasteiger partial charge in [0, 0.05) is 29.9 Å². The fourth-order valence-corrected chi connectivity index (χ4v) is 3.40. The topological polar surface area (TPSA) is 121 Å². The Morgan fingerprint density at radius 3 is 2.80 bits per heavy atom. The van der Waals surface area contributed by atoms with Crippen LogP contribution in [0.3, 0.4) is 0 Å². The number of carbonyl (C=O) groups excluding carboxylic acids is 3. The number of methoxy groups -OCH3 is 1. The standard InChI is InChI=1S/C20H15ClN4O5/c1-30-13-3-2-12-9-25(17(27)14(12)7-13)10-20(18(28)23-19(29)24-20)5-4-11-6-15(26)16(21)22-8-11/h2-3,6-8,26H,9-10H2,1H3,(H2,23,24,28,29)/t20-/m1/s1. The molecule has 0 unspecified atom stereocenters. The summed E-state index contributed by atoms with van der Waals surface area (Å²) < 4.78 is 5.16. The van der Waals surface area contributed by atoms with Crippen molar-refractivity contribution in [3.8, 4) is 23.3 Å². The fourth-order valence-electron chi connectivity index (χ4n) is 3.30. The van der Waals surface area contributed by atoms with Crippen molar-refractivity contribution in [1.29, 1.82) is 0 Å². The van der Waals surface area contributed by atoms with E-state index in [2.05, 4.69) is 27.5 Å². The van der Waals surface area contributed by atoms with Crippen LogP contribution in [0.25, 0.3) is 0 Å². The maximum absolute atomic E-state index is 12.9. The van der Waals surface area contributed by atoms with Crippen molar-refractivity contribution in [2.75, 3.05) is 13.7 Å². The number of carbonyl (C=O) groups is 3. The third-order valence-corrected chi connectivity index (χ3v) is 5.10. The summed E-state index contributed by atoms with van der Waals surface area (Å²) >= 11 is 5.69. The number of benzene rings is 1. The molecule has 3 N–H and O–H groups in total. The van der Waals surface area contributed by atoms with Gasteiger partial charge >= 0.3 is 6.03 Å². The van der Waals surface area contributed by atoms with Crippen LogP contribution in [0.15, 0.2) is 30.5 Å². The minimum atomic E-state index is -1.66. The molecule has 1 aromatic heterocycles. The van der Waals surface area contributed by atoms with E-state index in [1.54, 1.807) is 18.2 Å². The minimum Gasteiger partial charge on any atom is -0.505 e. The first-order chi connectivity index (χ1) is 14.3. The van der Waals surface area contributed by atoms with Crippen LogP contribution in [0, 0.1) is 11.8 Å². The smallest absolute Gasteiger partial charge is 0.323 e. The highest BCUT2D eigenvalue weighted by Gasteiger charge is 2.48. The van der Waals surface area contributed by atoms with Crippen molar-refractivity contribution in [1.82, 2.24) is 20.5 Å². The molecule has 1 fully saturated rings. The lowest BCUT2D eigenvalue weighted by molar-refractivity contribution is -0.122. The number of rotatable bonds is 3. The van der Waals surface area contributed by atoms with E-state index in [-0.39, 0.29) is 35.5 Å². The largest absolute Gasteiger partial charge is 0.505 e. The normalized spacial score (nSPS) is 19.7. The number of halogens is 1. The van der Waals surface area contributed by atoms with Crippen LogP contribution >= 0.6 is 11.6 Å². The van der Waals surface area contributed by atoms with Crippen LogP contribution in [0.1, 0.15) is 21.5 Å². The molecular formula is C20H15ClN4O5. The molecular weight excluding hydrogens is 412 g/mol. The van der Waals surface area contributed by atoms with Crippen molar-refractivity contribution in [3.63, 3.8) is 0 Å². The first kappa shape index (κ1) is 19.5. The second-order valence-corrected chi connectivity index (χ2v) is 7.14. The summed E-state index contributed by atoms with van der Waals surface area (Å²) in [6.45, 7) is 0.0917. The van der Waals surface area contributed by atoms with E-state index in [1.165, 1.54) is 24.3 Å². The molecule has 3 heterocycles. The monoisotopic (exact) mass is 426 g/mol. The highest BCUT2D eigenvalue weighted by Crippen LogP contribution is 2.28. The molecule has 1 saturated heterocycles. The van der Waals surface area contributed by atoms with Crippen molar-refractivity contribution >= 4 is 29.4 Å². The van der Waals surface area contributed by atoms with Crippen LogP contribution in [-0.2, 0) is 11.3 Å². The van der Waals surface area contributed by atoms with Crippen LogP contribution < -0.4 is 15.4 Å². The van der Waals surface area contributed by atoms with Gasteiger partial charge in [0.2, 0.25) is 5.54 Å². The first-order valence-electron chi connectivity index (χ1n) is 8.79. The number of imide groups is 1. The molecule has 0 radical (unpaired) electrons. The Morgan fingerprint density at radius 1 is 1.33 bits per heavy atom. The van der Waals surface area contributed by atoms with Crippen molar-refractivity contribution < 1.29 is 24.2 Å². The molecule has 152 valence electrons. The molecule has 2 aliphatic heterocycles. The Morgan fingerprint density at radius 2 is 2.13 bits per heavy atom. The molecule has 0 bridgehead atoms. The van der Waals surface area contributed by atoms with Gasteiger partial charge in [0.05, 0.1) is 13.7 Å². The van der Waals surface area contributed by atoms with Gasteiger partial charge in [0.1, 0.15) is 5.75 Å². The number of nitrogens with zero attached hydrogens (tertiary/aromatic N) is 2. The Bertz CT molecular complexity index is 1160. The van der Waals surface area contributed by atoms with Crippen molar-refractivity contribution in [2.24, 2.45) is 0 Å². The lowest BCUT2D eigenvalue weighted by atomic mass is 9.99. The quantitative estimate of drug-likeness (QED) is 0.383. The van der Waals surface area contributed by atoms with E-state index >= 15 is 0 Å². The highest BCUT2D eigenvalue weighted by molar-refractivity contribution is 6.30. The summed E-state index contributed by atoms with van der Waals surface area (Å²) in [4.78, 5) is 42.5. The summed E-state index contributed by atoms with van der Waals surface area (Å²) in [6, 6.07) is 5.73. The SMILES string of the molecule is COc1ccc2c(c1)C(=O)N(C[C@@]1(C#Cc3cnc(Cl)c(O)c3)NC(=O)NC1=O)C2. The zero-order chi connectivity index (χ0) is 21.5. The summed E-state index contributed by atoms with van der Waals surface area (Å²) in [5, 5.41) is 14.3. The van der Waals surface area contributed by atoms with Crippen LogP contribution in [0.4, 0.5) is 4.79 Å². The van der Waals surface area contributed by atoms with Gasteiger partial charge in [-0.05, 0) is 17.7 Å². The van der Waals surface area contributed by atoms with Gasteiger partial charge in [-0.1, -0.05) is 29.5 Å². The Kier molecular flexibility index (Phi) is 4.72. The second kappa shape index (κ2) is 7.24. The molecule has 10 heteroatoms. The molecule has 1 aromatic carbocycles. The summed E-state index contributed by atoms with van der Waals surface area (Å²) in [5.74, 6) is 4.74. The zero-order valence-corrected chi connectivity index (χ0v) is 16.4. The molecule has 30 heavy (non-hydrogen) atoms. The average Bonchev–Trinajstić information content (AvgIpc) is 3.18. The number of ether oxygens (including phenoxy) is 1. The number of amides is 4. The predicted molar refractivity (Wildman–Crippen MR) is 105 cm³/mol. The number of fused-ring (bicyclic) bond motifs is 1. The molecule has 0 aliphatic carbocycles. The van der Waals surface area contributed by atoms with E-state index in [1.807, 2.05) is 0 Å². The van der Waals surface area contributed by atoms with Crippen molar-refractivity contribution in [2.45, 2.75) is 12.1 Å². The van der Waals surface area contributed by atoms with E-state index in [0.717, 1.165) is 5.56 Å². The van der Waals surface area contributed by atoms with Gasteiger partial charge in [-0.3, -0.25) is 14.9 Å². The third-order valence-electron chi connectivity index (χ3n) is 4.81. The van der Waals surface area contributed by atoms with Crippen LogP contribution in [0.5, 0.6) is 11.5 Å².